The Morgan fingerprint density at radius 1 is 1.25 bits per heavy atom. The standard InChI is InChI=1S/C21H21NO4S2/c1-4-9-26-17-11-14(7-8-16(17)25-3)12-19-21(24)22(2)20(28-19)13-15(23)18-6-5-10-27-18/h5-8,10-13H,4,9H2,1-3H3/b19-12-,20-13-. The van der Waals surface area contributed by atoms with Crippen molar-refractivity contribution < 1.29 is 14.3 Å². The van der Waals surface area contributed by atoms with Gasteiger partial charge in [-0.3, -0.25) is 9.59 Å². The minimum Gasteiger partial charge on any atom is -0.493 e. The van der Waals surface area contributed by atoms with Crippen molar-refractivity contribution >= 4 is 40.6 Å². The lowest BCUT2D eigenvalue weighted by Crippen LogP contribution is -2.29. The van der Waals surface area contributed by atoms with Crippen LogP contribution in [0.4, 0.5) is 0 Å². The molecule has 0 bridgehead atoms. The number of thiazole rings is 1. The SMILES string of the molecule is CCCOc1cc(/C=c2\s/c(=C\C(=O)c3cccs3)n(C)c2=O)ccc1OC. The number of benzene rings is 1. The van der Waals surface area contributed by atoms with Crippen LogP contribution in [-0.2, 0) is 7.05 Å². The fourth-order valence-corrected chi connectivity index (χ4v) is 4.24. The number of Topliss-reactive ketones (excluding diaryl/α,β-unsaturated/α-hetero) is 1. The smallest absolute Gasteiger partial charge is 0.268 e. The van der Waals surface area contributed by atoms with Gasteiger partial charge in [0.25, 0.3) is 5.56 Å². The highest BCUT2D eigenvalue weighted by molar-refractivity contribution is 7.12. The number of ketones is 1. The topological polar surface area (TPSA) is 57.5 Å². The van der Waals surface area contributed by atoms with E-state index in [1.807, 2.05) is 36.6 Å². The summed E-state index contributed by atoms with van der Waals surface area (Å²) in [6.45, 7) is 2.62. The first kappa shape index (κ1) is 20.1. The Bertz CT molecular complexity index is 1140. The van der Waals surface area contributed by atoms with Crippen molar-refractivity contribution in [3.8, 4) is 11.5 Å². The van der Waals surface area contributed by atoms with Gasteiger partial charge in [-0.05, 0) is 41.6 Å². The van der Waals surface area contributed by atoms with Crippen LogP contribution in [-0.4, -0.2) is 24.1 Å². The molecule has 0 aliphatic carbocycles. The Hall–Kier alpha value is -2.64. The van der Waals surface area contributed by atoms with Crippen LogP contribution in [0.25, 0.3) is 12.2 Å². The second kappa shape index (κ2) is 9.03. The van der Waals surface area contributed by atoms with E-state index < -0.39 is 0 Å². The van der Waals surface area contributed by atoms with Crippen molar-refractivity contribution in [2.45, 2.75) is 13.3 Å². The maximum atomic E-state index is 12.6. The van der Waals surface area contributed by atoms with Crippen LogP contribution in [0.1, 0.15) is 28.6 Å². The normalized spacial score (nSPS) is 12.4. The number of rotatable bonds is 7. The lowest BCUT2D eigenvalue weighted by atomic mass is 10.2. The molecule has 2 heterocycles. The van der Waals surface area contributed by atoms with Gasteiger partial charge in [0.1, 0.15) is 4.66 Å². The van der Waals surface area contributed by atoms with Crippen LogP contribution >= 0.6 is 22.7 Å². The van der Waals surface area contributed by atoms with Crippen LogP contribution in [0.2, 0.25) is 0 Å². The Morgan fingerprint density at radius 2 is 2.07 bits per heavy atom. The summed E-state index contributed by atoms with van der Waals surface area (Å²) in [6.07, 6.45) is 4.21. The van der Waals surface area contributed by atoms with Crippen molar-refractivity contribution in [3.05, 3.63) is 65.7 Å². The Kier molecular flexibility index (Phi) is 6.49. The number of methoxy groups -OCH3 is 1. The molecule has 0 amide bonds. The number of hydrogen-bond acceptors (Lipinski definition) is 6. The van der Waals surface area contributed by atoms with Gasteiger partial charge in [-0.15, -0.1) is 22.7 Å². The second-order valence-electron chi connectivity index (χ2n) is 6.06. The van der Waals surface area contributed by atoms with Crippen LogP contribution in [0.3, 0.4) is 0 Å². The van der Waals surface area contributed by atoms with E-state index in [2.05, 4.69) is 0 Å². The molecule has 0 N–H and O–H groups in total. The van der Waals surface area contributed by atoms with Gasteiger partial charge in [0.15, 0.2) is 17.3 Å². The molecular formula is C21H21NO4S2. The van der Waals surface area contributed by atoms with Crippen molar-refractivity contribution in [2.75, 3.05) is 13.7 Å². The third-order valence-corrected chi connectivity index (χ3v) is 6.02. The molecule has 0 unspecified atom stereocenters. The van der Waals surface area contributed by atoms with E-state index in [9.17, 15) is 9.59 Å². The summed E-state index contributed by atoms with van der Waals surface area (Å²) in [4.78, 5) is 25.6. The first-order valence-electron chi connectivity index (χ1n) is 8.81. The number of aromatic nitrogens is 1. The number of carbonyl (C=O) groups excluding carboxylic acids is 1. The molecule has 5 nitrogen and oxygen atoms in total. The first-order valence-corrected chi connectivity index (χ1v) is 10.5. The van der Waals surface area contributed by atoms with Gasteiger partial charge in [0, 0.05) is 13.1 Å². The number of carbonyl (C=O) groups is 1. The van der Waals surface area contributed by atoms with E-state index in [4.69, 9.17) is 9.47 Å². The summed E-state index contributed by atoms with van der Waals surface area (Å²) in [6, 6.07) is 9.16. The van der Waals surface area contributed by atoms with E-state index in [0.29, 0.717) is 32.2 Å². The van der Waals surface area contributed by atoms with Gasteiger partial charge < -0.3 is 14.0 Å². The maximum Gasteiger partial charge on any atom is 0.268 e. The van der Waals surface area contributed by atoms with E-state index >= 15 is 0 Å². The average Bonchev–Trinajstić information content (AvgIpc) is 3.32. The molecule has 2 aromatic heterocycles. The predicted molar refractivity (Wildman–Crippen MR) is 114 cm³/mol. The molecular weight excluding hydrogens is 394 g/mol. The summed E-state index contributed by atoms with van der Waals surface area (Å²) in [5, 5.41) is 1.86. The zero-order chi connectivity index (χ0) is 20.1. The summed E-state index contributed by atoms with van der Waals surface area (Å²) >= 11 is 2.68. The average molecular weight is 416 g/mol. The fraction of sp³-hybridized carbons (Fsp3) is 0.238. The molecule has 1 aromatic carbocycles. The maximum absolute atomic E-state index is 12.6. The van der Waals surface area contributed by atoms with Crippen LogP contribution in [0, 0.1) is 0 Å². The molecule has 28 heavy (non-hydrogen) atoms. The fourth-order valence-electron chi connectivity index (χ4n) is 2.57. The van der Waals surface area contributed by atoms with E-state index in [1.54, 1.807) is 26.3 Å². The van der Waals surface area contributed by atoms with Crippen LogP contribution in [0.15, 0.2) is 40.5 Å². The minimum absolute atomic E-state index is 0.0990. The van der Waals surface area contributed by atoms with Crippen molar-refractivity contribution in [3.63, 3.8) is 0 Å². The summed E-state index contributed by atoms with van der Waals surface area (Å²) in [5.41, 5.74) is 0.698. The molecule has 0 fully saturated rings. The highest BCUT2D eigenvalue weighted by Gasteiger charge is 2.08. The Labute approximate surface area is 170 Å². The molecule has 0 spiro atoms. The number of ether oxygens (including phenoxy) is 2. The predicted octanol–water partition coefficient (Wildman–Crippen LogP) is 2.80. The van der Waals surface area contributed by atoms with Crippen LogP contribution < -0.4 is 24.2 Å². The summed E-state index contributed by atoms with van der Waals surface area (Å²) in [5.74, 6) is 1.20. The molecule has 3 aromatic rings. The van der Waals surface area contributed by atoms with Gasteiger partial charge >= 0.3 is 0 Å². The van der Waals surface area contributed by atoms with Gasteiger partial charge in [-0.2, -0.15) is 0 Å². The largest absolute Gasteiger partial charge is 0.493 e. The summed E-state index contributed by atoms with van der Waals surface area (Å²) < 4.78 is 13.7. The molecule has 0 saturated carbocycles. The quantitative estimate of drug-likeness (QED) is 0.557. The molecule has 3 rings (SSSR count). The van der Waals surface area contributed by atoms with E-state index in [1.165, 1.54) is 33.3 Å². The molecule has 0 atom stereocenters. The second-order valence-corrected chi connectivity index (χ2v) is 8.07. The van der Waals surface area contributed by atoms with E-state index in [-0.39, 0.29) is 11.3 Å². The van der Waals surface area contributed by atoms with Gasteiger partial charge in [-0.1, -0.05) is 19.1 Å². The first-order chi connectivity index (χ1) is 13.5. The molecule has 0 saturated heterocycles. The highest BCUT2D eigenvalue weighted by atomic mass is 32.1. The van der Waals surface area contributed by atoms with Crippen molar-refractivity contribution in [2.24, 2.45) is 7.05 Å². The van der Waals surface area contributed by atoms with Gasteiger partial charge in [0.05, 0.1) is 23.1 Å². The van der Waals surface area contributed by atoms with Gasteiger partial charge in [-0.25, -0.2) is 0 Å². The summed E-state index contributed by atoms with van der Waals surface area (Å²) in [7, 11) is 3.27. The third-order valence-electron chi connectivity index (χ3n) is 4.03. The zero-order valence-corrected chi connectivity index (χ0v) is 17.6. The molecule has 0 radical (unpaired) electrons. The third kappa shape index (κ3) is 4.43. The number of thiophene rings is 1. The molecule has 0 aliphatic rings. The van der Waals surface area contributed by atoms with Crippen LogP contribution in [0.5, 0.6) is 11.5 Å². The van der Waals surface area contributed by atoms with E-state index in [0.717, 1.165) is 12.0 Å². The minimum atomic E-state index is -0.137. The Balaban J connectivity index is 2.02. The number of hydrogen-bond donors (Lipinski definition) is 0. The molecule has 0 aliphatic heterocycles. The number of nitrogens with zero attached hydrogens (tertiary/aromatic N) is 1. The highest BCUT2D eigenvalue weighted by Crippen LogP contribution is 2.28. The zero-order valence-electron chi connectivity index (χ0n) is 15.9. The van der Waals surface area contributed by atoms with Gasteiger partial charge in [0.2, 0.25) is 0 Å². The van der Waals surface area contributed by atoms with Crippen molar-refractivity contribution in [1.29, 1.82) is 0 Å². The van der Waals surface area contributed by atoms with Crippen molar-refractivity contribution in [1.82, 2.24) is 4.57 Å². The monoisotopic (exact) mass is 415 g/mol. The lowest BCUT2D eigenvalue weighted by Gasteiger charge is -2.10. The Morgan fingerprint density at radius 3 is 2.75 bits per heavy atom. The lowest BCUT2D eigenvalue weighted by molar-refractivity contribution is 0.106. The molecule has 146 valence electrons. The molecule has 7 heteroatoms.